The standard InChI is InChI=1S/C19H20ClNO5/c1-23-14-9-13(10-15(11-14)24-2)21-18(22)6-5-12-7-16(20)19(26-4)17(8-12)25-3/h5-11H,1-4H3,(H,21,22)/b6-5+. The Hall–Kier alpha value is -2.86. The molecule has 2 rings (SSSR count). The maximum Gasteiger partial charge on any atom is 0.248 e. The molecule has 0 spiro atoms. The summed E-state index contributed by atoms with van der Waals surface area (Å²) >= 11 is 6.16. The zero-order valence-corrected chi connectivity index (χ0v) is 15.7. The minimum atomic E-state index is -0.314. The second-order valence-corrected chi connectivity index (χ2v) is 5.57. The van der Waals surface area contributed by atoms with Gasteiger partial charge in [-0.1, -0.05) is 11.6 Å². The maximum atomic E-state index is 12.2. The number of hydrogen-bond acceptors (Lipinski definition) is 5. The number of hydrogen-bond donors (Lipinski definition) is 1. The number of ether oxygens (including phenoxy) is 4. The van der Waals surface area contributed by atoms with Crippen LogP contribution in [0.4, 0.5) is 5.69 Å². The molecule has 0 aliphatic heterocycles. The van der Waals surface area contributed by atoms with Crippen molar-refractivity contribution in [2.45, 2.75) is 0 Å². The molecule has 0 bridgehead atoms. The Balaban J connectivity index is 2.16. The first-order valence-electron chi connectivity index (χ1n) is 7.64. The average molecular weight is 378 g/mol. The summed E-state index contributed by atoms with van der Waals surface area (Å²) in [5.41, 5.74) is 1.26. The Kier molecular flexibility index (Phi) is 6.74. The largest absolute Gasteiger partial charge is 0.497 e. The molecule has 2 aromatic carbocycles. The molecule has 0 aliphatic carbocycles. The van der Waals surface area contributed by atoms with E-state index in [0.717, 1.165) is 0 Å². The number of carbonyl (C=O) groups excluding carboxylic acids is 1. The van der Waals surface area contributed by atoms with Crippen LogP contribution in [-0.4, -0.2) is 34.3 Å². The fraction of sp³-hybridized carbons (Fsp3) is 0.211. The van der Waals surface area contributed by atoms with Crippen LogP contribution in [-0.2, 0) is 4.79 Å². The molecule has 0 saturated carbocycles. The third-order valence-corrected chi connectivity index (χ3v) is 3.78. The van der Waals surface area contributed by atoms with Gasteiger partial charge in [-0.25, -0.2) is 0 Å². The highest BCUT2D eigenvalue weighted by Gasteiger charge is 2.10. The number of rotatable bonds is 7. The SMILES string of the molecule is COc1cc(NC(=O)/C=C/c2cc(Cl)c(OC)c(OC)c2)cc(OC)c1. The molecule has 0 atom stereocenters. The zero-order chi connectivity index (χ0) is 19.1. The van der Waals surface area contributed by atoms with Crippen molar-refractivity contribution in [3.63, 3.8) is 0 Å². The van der Waals surface area contributed by atoms with Gasteiger partial charge in [0, 0.05) is 30.0 Å². The molecule has 0 saturated heterocycles. The molecule has 0 radical (unpaired) electrons. The van der Waals surface area contributed by atoms with Crippen molar-refractivity contribution in [3.05, 3.63) is 47.0 Å². The van der Waals surface area contributed by atoms with E-state index in [1.165, 1.54) is 20.3 Å². The van der Waals surface area contributed by atoms with E-state index in [2.05, 4.69) is 5.32 Å². The summed E-state index contributed by atoms with van der Waals surface area (Å²) in [6.07, 6.45) is 3.02. The van der Waals surface area contributed by atoms with E-state index in [1.54, 1.807) is 50.6 Å². The van der Waals surface area contributed by atoms with Crippen LogP contribution in [0.5, 0.6) is 23.0 Å². The summed E-state index contributed by atoms with van der Waals surface area (Å²) in [5, 5.41) is 3.15. The summed E-state index contributed by atoms with van der Waals surface area (Å²) in [5.74, 6) is 1.77. The second kappa shape index (κ2) is 9.01. The Labute approximate surface area is 157 Å². The number of nitrogens with one attached hydrogen (secondary N) is 1. The van der Waals surface area contributed by atoms with E-state index in [9.17, 15) is 4.79 Å². The highest BCUT2D eigenvalue weighted by molar-refractivity contribution is 6.32. The van der Waals surface area contributed by atoms with Crippen LogP contribution in [0, 0.1) is 0 Å². The Morgan fingerprint density at radius 1 is 0.923 bits per heavy atom. The number of carbonyl (C=O) groups is 1. The summed E-state index contributed by atoms with van der Waals surface area (Å²) in [6.45, 7) is 0. The van der Waals surface area contributed by atoms with Crippen molar-refractivity contribution in [1.82, 2.24) is 0 Å². The number of anilines is 1. The Bertz CT molecular complexity index is 798. The van der Waals surface area contributed by atoms with Crippen molar-refractivity contribution in [2.75, 3.05) is 33.8 Å². The molecule has 1 amide bonds. The van der Waals surface area contributed by atoms with E-state index >= 15 is 0 Å². The number of benzene rings is 2. The van der Waals surface area contributed by atoms with Crippen molar-refractivity contribution in [2.24, 2.45) is 0 Å². The lowest BCUT2D eigenvalue weighted by molar-refractivity contribution is -0.111. The smallest absolute Gasteiger partial charge is 0.248 e. The van der Waals surface area contributed by atoms with Gasteiger partial charge in [-0.05, 0) is 23.8 Å². The first-order chi connectivity index (χ1) is 12.5. The fourth-order valence-electron chi connectivity index (χ4n) is 2.27. The molecule has 6 nitrogen and oxygen atoms in total. The van der Waals surface area contributed by atoms with Crippen molar-refractivity contribution in [3.8, 4) is 23.0 Å². The first kappa shape index (κ1) is 19.5. The monoisotopic (exact) mass is 377 g/mol. The minimum absolute atomic E-state index is 0.314. The first-order valence-corrected chi connectivity index (χ1v) is 8.02. The fourth-order valence-corrected chi connectivity index (χ4v) is 2.57. The van der Waals surface area contributed by atoms with Gasteiger partial charge in [-0.2, -0.15) is 0 Å². The molecule has 0 aromatic heterocycles. The van der Waals surface area contributed by atoms with Crippen LogP contribution < -0.4 is 24.3 Å². The van der Waals surface area contributed by atoms with Gasteiger partial charge in [0.2, 0.25) is 5.91 Å². The Morgan fingerprint density at radius 2 is 1.58 bits per heavy atom. The third kappa shape index (κ3) is 4.83. The van der Waals surface area contributed by atoms with E-state index in [-0.39, 0.29) is 5.91 Å². The molecule has 138 valence electrons. The van der Waals surface area contributed by atoms with E-state index in [4.69, 9.17) is 30.5 Å². The van der Waals surface area contributed by atoms with Crippen LogP contribution in [0.3, 0.4) is 0 Å². The molecule has 0 unspecified atom stereocenters. The predicted molar refractivity (Wildman–Crippen MR) is 102 cm³/mol. The van der Waals surface area contributed by atoms with Crippen LogP contribution in [0.15, 0.2) is 36.4 Å². The van der Waals surface area contributed by atoms with Crippen LogP contribution >= 0.6 is 11.6 Å². The van der Waals surface area contributed by atoms with Crippen molar-refractivity contribution in [1.29, 1.82) is 0 Å². The third-order valence-electron chi connectivity index (χ3n) is 3.50. The van der Waals surface area contributed by atoms with E-state index in [0.29, 0.717) is 39.3 Å². The van der Waals surface area contributed by atoms with Gasteiger partial charge in [-0.3, -0.25) is 4.79 Å². The van der Waals surface area contributed by atoms with Gasteiger partial charge in [-0.15, -0.1) is 0 Å². The molecule has 0 fully saturated rings. The molecule has 1 N–H and O–H groups in total. The summed E-state index contributed by atoms with van der Waals surface area (Å²) < 4.78 is 20.8. The van der Waals surface area contributed by atoms with Gasteiger partial charge in [0.15, 0.2) is 11.5 Å². The summed E-state index contributed by atoms with van der Waals surface area (Å²) in [6, 6.07) is 8.52. The highest BCUT2D eigenvalue weighted by atomic mass is 35.5. The average Bonchev–Trinajstić information content (AvgIpc) is 2.65. The number of amides is 1. The van der Waals surface area contributed by atoms with E-state index in [1.807, 2.05) is 0 Å². The van der Waals surface area contributed by atoms with Gasteiger partial charge in [0.1, 0.15) is 11.5 Å². The van der Waals surface area contributed by atoms with Crippen LogP contribution in [0.1, 0.15) is 5.56 Å². The van der Waals surface area contributed by atoms with Crippen molar-refractivity contribution < 1.29 is 23.7 Å². The van der Waals surface area contributed by atoms with Gasteiger partial charge in [0.05, 0.1) is 33.5 Å². The minimum Gasteiger partial charge on any atom is -0.497 e. The topological polar surface area (TPSA) is 66.0 Å². The summed E-state index contributed by atoms with van der Waals surface area (Å²) in [7, 11) is 6.11. The highest BCUT2D eigenvalue weighted by Crippen LogP contribution is 2.36. The maximum absolute atomic E-state index is 12.2. The predicted octanol–water partition coefficient (Wildman–Crippen LogP) is 4.03. The van der Waals surface area contributed by atoms with Crippen LogP contribution in [0.25, 0.3) is 6.08 Å². The molecular formula is C19H20ClNO5. The lowest BCUT2D eigenvalue weighted by Gasteiger charge is -2.10. The van der Waals surface area contributed by atoms with Crippen molar-refractivity contribution >= 4 is 29.3 Å². The lowest BCUT2D eigenvalue weighted by Crippen LogP contribution is -2.08. The molecule has 0 heterocycles. The normalized spacial score (nSPS) is 10.5. The second-order valence-electron chi connectivity index (χ2n) is 5.16. The Morgan fingerprint density at radius 3 is 2.12 bits per heavy atom. The van der Waals surface area contributed by atoms with E-state index < -0.39 is 0 Å². The number of halogens is 1. The molecule has 2 aromatic rings. The van der Waals surface area contributed by atoms with Gasteiger partial charge >= 0.3 is 0 Å². The number of methoxy groups -OCH3 is 4. The van der Waals surface area contributed by atoms with Gasteiger partial charge in [0.25, 0.3) is 0 Å². The van der Waals surface area contributed by atoms with Crippen LogP contribution in [0.2, 0.25) is 5.02 Å². The molecular weight excluding hydrogens is 358 g/mol. The molecule has 26 heavy (non-hydrogen) atoms. The molecule has 7 heteroatoms. The lowest BCUT2D eigenvalue weighted by atomic mass is 10.2. The molecule has 0 aliphatic rings. The van der Waals surface area contributed by atoms with Gasteiger partial charge < -0.3 is 24.3 Å². The summed E-state index contributed by atoms with van der Waals surface area (Å²) in [4.78, 5) is 12.2. The zero-order valence-electron chi connectivity index (χ0n) is 15.0. The quantitative estimate of drug-likeness (QED) is 0.738.